The lowest BCUT2D eigenvalue weighted by atomic mass is 9.99. The molecule has 0 spiro atoms. The molecule has 0 radical (unpaired) electrons. The maximum absolute atomic E-state index is 9.02. The molecule has 90 valence electrons. The number of aliphatic hydroxyl groups is 2. The molecule has 0 fully saturated rings. The lowest BCUT2D eigenvalue weighted by Gasteiger charge is -2.22. The number of aliphatic hydroxyl groups excluding tert-OH is 2. The Labute approximate surface area is 97.1 Å². The van der Waals surface area contributed by atoms with Crippen LogP contribution in [0.5, 0.6) is 0 Å². The third-order valence-electron chi connectivity index (χ3n) is 2.83. The van der Waals surface area contributed by atoms with Gasteiger partial charge in [-0.2, -0.15) is 0 Å². The van der Waals surface area contributed by atoms with Crippen LogP contribution in [0.4, 0.5) is 0 Å². The van der Waals surface area contributed by atoms with Crippen LogP contribution >= 0.6 is 0 Å². The number of nitrogens with one attached hydrogen (secondary N) is 1. The topological polar surface area (TPSA) is 52.5 Å². The molecule has 0 aliphatic carbocycles. The van der Waals surface area contributed by atoms with Crippen molar-refractivity contribution in [3.05, 3.63) is 34.9 Å². The van der Waals surface area contributed by atoms with Gasteiger partial charge in [-0.3, -0.25) is 0 Å². The van der Waals surface area contributed by atoms with E-state index in [1.807, 2.05) is 6.92 Å². The molecule has 0 aliphatic heterocycles. The van der Waals surface area contributed by atoms with Gasteiger partial charge in [0.05, 0.1) is 19.3 Å². The van der Waals surface area contributed by atoms with Gasteiger partial charge in [-0.1, -0.05) is 23.8 Å². The zero-order valence-corrected chi connectivity index (χ0v) is 10.2. The Kier molecular flexibility index (Phi) is 4.93. The predicted octanol–water partition coefficient (Wildman–Crippen LogP) is 1.31. The summed E-state index contributed by atoms with van der Waals surface area (Å²) < 4.78 is 0. The number of rotatable bonds is 5. The molecule has 0 amide bonds. The average molecular weight is 223 g/mol. The highest BCUT2D eigenvalue weighted by Crippen LogP contribution is 2.19. The van der Waals surface area contributed by atoms with E-state index in [1.165, 1.54) is 16.7 Å². The first-order valence-corrected chi connectivity index (χ1v) is 5.63. The van der Waals surface area contributed by atoms with Crippen LogP contribution in [0.1, 0.15) is 29.7 Å². The summed E-state index contributed by atoms with van der Waals surface area (Å²) in [6.45, 7) is 6.07. The molecule has 0 saturated heterocycles. The highest BCUT2D eigenvalue weighted by molar-refractivity contribution is 5.32. The van der Waals surface area contributed by atoms with E-state index in [0.29, 0.717) is 0 Å². The summed E-state index contributed by atoms with van der Waals surface area (Å²) in [6, 6.07) is 6.19. The number of benzene rings is 1. The van der Waals surface area contributed by atoms with Gasteiger partial charge < -0.3 is 15.5 Å². The molecule has 0 aromatic heterocycles. The van der Waals surface area contributed by atoms with Crippen LogP contribution in [-0.4, -0.2) is 29.5 Å². The maximum Gasteiger partial charge on any atom is 0.0607 e. The van der Waals surface area contributed by atoms with E-state index >= 15 is 0 Å². The lowest BCUT2D eigenvalue weighted by Crippen LogP contribution is -2.37. The molecule has 1 aromatic carbocycles. The molecule has 1 rings (SSSR count). The molecule has 0 aliphatic rings. The largest absolute Gasteiger partial charge is 0.395 e. The molecule has 3 N–H and O–H groups in total. The summed E-state index contributed by atoms with van der Waals surface area (Å²) in [4.78, 5) is 0. The predicted molar refractivity (Wildman–Crippen MR) is 65.4 cm³/mol. The average Bonchev–Trinajstić information content (AvgIpc) is 2.28. The SMILES string of the molecule is Cc1ccc(C)c(C(C)NC(CO)CO)c1. The molecular weight excluding hydrogens is 202 g/mol. The van der Waals surface area contributed by atoms with Crippen molar-refractivity contribution in [2.45, 2.75) is 32.9 Å². The highest BCUT2D eigenvalue weighted by Gasteiger charge is 2.13. The van der Waals surface area contributed by atoms with E-state index in [2.05, 4.69) is 37.4 Å². The minimum atomic E-state index is -0.255. The van der Waals surface area contributed by atoms with Gasteiger partial charge in [0.25, 0.3) is 0 Å². The Hall–Kier alpha value is -0.900. The zero-order chi connectivity index (χ0) is 12.1. The molecule has 3 heteroatoms. The van der Waals surface area contributed by atoms with Crippen LogP contribution < -0.4 is 5.32 Å². The summed E-state index contributed by atoms with van der Waals surface area (Å²) >= 11 is 0. The molecule has 3 nitrogen and oxygen atoms in total. The van der Waals surface area contributed by atoms with Gasteiger partial charge in [-0.15, -0.1) is 0 Å². The Morgan fingerprint density at radius 2 is 1.81 bits per heavy atom. The van der Waals surface area contributed by atoms with Gasteiger partial charge in [-0.05, 0) is 31.9 Å². The second-order valence-electron chi connectivity index (χ2n) is 4.31. The Bertz CT molecular complexity index is 335. The number of hydrogen-bond donors (Lipinski definition) is 3. The molecule has 16 heavy (non-hydrogen) atoms. The Morgan fingerprint density at radius 3 is 2.38 bits per heavy atom. The monoisotopic (exact) mass is 223 g/mol. The molecule has 0 saturated carbocycles. The van der Waals surface area contributed by atoms with Crippen molar-refractivity contribution in [1.29, 1.82) is 0 Å². The number of hydrogen-bond acceptors (Lipinski definition) is 3. The lowest BCUT2D eigenvalue weighted by molar-refractivity contribution is 0.163. The third-order valence-corrected chi connectivity index (χ3v) is 2.83. The maximum atomic E-state index is 9.02. The van der Waals surface area contributed by atoms with Crippen molar-refractivity contribution in [3.8, 4) is 0 Å². The van der Waals surface area contributed by atoms with E-state index in [4.69, 9.17) is 10.2 Å². The van der Waals surface area contributed by atoms with Crippen molar-refractivity contribution in [3.63, 3.8) is 0 Å². The van der Waals surface area contributed by atoms with Gasteiger partial charge >= 0.3 is 0 Å². The van der Waals surface area contributed by atoms with Crippen LogP contribution in [0, 0.1) is 13.8 Å². The van der Waals surface area contributed by atoms with Gasteiger partial charge in [-0.25, -0.2) is 0 Å². The van der Waals surface area contributed by atoms with E-state index in [-0.39, 0.29) is 25.3 Å². The van der Waals surface area contributed by atoms with Gasteiger partial charge in [0.2, 0.25) is 0 Å². The second-order valence-corrected chi connectivity index (χ2v) is 4.31. The fraction of sp³-hybridized carbons (Fsp3) is 0.538. The van der Waals surface area contributed by atoms with Crippen LogP contribution in [0.25, 0.3) is 0 Å². The molecule has 1 unspecified atom stereocenters. The minimum absolute atomic E-state index is 0.0499. The fourth-order valence-corrected chi connectivity index (χ4v) is 1.83. The fourth-order valence-electron chi connectivity index (χ4n) is 1.83. The van der Waals surface area contributed by atoms with E-state index in [9.17, 15) is 0 Å². The van der Waals surface area contributed by atoms with Crippen molar-refractivity contribution >= 4 is 0 Å². The Balaban J connectivity index is 2.79. The van der Waals surface area contributed by atoms with Crippen LogP contribution in [0.15, 0.2) is 18.2 Å². The summed E-state index contributed by atoms with van der Waals surface area (Å²) in [5.74, 6) is 0. The van der Waals surface area contributed by atoms with Crippen molar-refractivity contribution in [1.82, 2.24) is 5.32 Å². The van der Waals surface area contributed by atoms with Crippen LogP contribution in [-0.2, 0) is 0 Å². The van der Waals surface area contributed by atoms with Gasteiger partial charge in [0.1, 0.15) is 0 Å². The van der Waals surface area contributed by atoms with Crippen LogP contribution in [0.3, 0.4) is 0 Å². The van der Waals surface area contributed by atoms with Gasteiger partial charge in [0, 0.05) is 6.04 Å². The van der Waals surface area contributed by atoms with E-state index in [1.54, 1.807) is 0 Å². The summed E-state index contributed by atoms with van der Waals surface area (Å²) in [7, 11) is 0. The first-order chi connectivity index (χ1) is 7.58. The molecule has 0 heterocycles. The molecular formula is C13H21NO2. The highest BCUT2D eigenvalue weighted by atomic mass is 16.3. The Morgan fingerprint density at radius 1 is 1.19 bits per heavy atom. The number of aryl methyl sites for hydroxylation is 2. The summed E-state index contributed by atoms with van der Waals surface area (Å²) in [5, 5.41) is 21.2. The third kappa shape index (κ3) is 3.30. The van der Waals surface area contributed by atoms with Gasteiger partial charge in [0.15, 0.2) is 0 Å². The van der Waals surface area contributed by atoms with E-state index in [0.717, 1.165) is 0 Å². The van der Waals surface area contributed by atoms with Crippen molar-refractivity contribution in [2.75, 3.05) is 13.2 Å². The smallest absolute Gasteiger partial charge is 0.0607 e. The minimum Gasteiger partial charge on any atom is -0.395 e. The normalized spacial score (nSPS) is 13.1. The van der Waals surface area contributed by atoms with Crippen LogP contribution in [0.2, 0.25) is 0 Å². The van der Waals surface area contributed by atoms with Crippen molar-refractivity contribution < 1.29 is 10.2 Å². The first kappa shape index (κ1) is 13.2. The quantitative estimate of drug-likeness (QED) is 0.705. The molecule has 0 bridgehead atoms. The standard InChI is InChI=1S/C13H21NO2/c1-9-4-5-10(2)13(6-9)11(3)14-12(7-15)8-16/h4-6,11-12,14-16H,7-8H2,1-3H3. The molecule has 1 aromatic rings. The second kappa shape index (κ2) is 5.99. The molecule has 1 atom stereocenters. The van der Waals surface area contributed by atoms with Crippen molar-refractivity contribution in [2.24, 2.45) is 0 Å². The zero-order valence-electron chi connectivity index (χ0n) is 10.2. The summed E-state index contributed by atoms with van der Waals surface area (Å²) in [5.41, 5.74) is 3.66. The first-order valence-electron chi connectivity index (χ1n) is 5.63. The van der Waals surface area contributed by atoms with E-state index < -0.39 is 0 Å². The summed E-state index contributed by atoms with van der Waals surface area (Å²) in [6.07, 6.45) is 0.